The van der Waals surface area contributed by atoms with Gasteiger partial charge in [-0.3, -0.25) is 4.90 Å². The van der Waals surface area contributed by atoms with E-state index < -0.39 is 0 Å². The fourth-order valence-corrected chi connectivity index (χ4v) is 3.20. The number of piperidine rings is 1. The molecule has 2 aliphatic heterocycles. The zero-order chi connectivity index (χ0) is 12.4. The van der Waals surface area contributed by atoms with E-state index in [2.05, 4.69) is 21.3 Å². The number of aromatic nitrogens is 1. The van der Waals surface area contributed by atoms with E-state index in [1.54, 1.807) is 6.20 Å². The Morgan fingerprint density at radius 2 is 2.28 bits per heavy atom. The van der Waals surface area contributed by atoms with Crippen LogP contribution in [0.3, 0.4) is 0 Å². The SMILES string of the molecule is N#Cc1cccnc1N[C@H]1CCN2CCCC[C@H]12. The highest BCUT2D eigenvalue weighted by Gasteiger charge is 2.35. The number of pyridine rings is 1. The van der Waals surface area contributed by atoms with Crippen LogP contribution in [-0.4, -0.2) is 35.1 Å². The van der Waals surface area contributed by atoms with Gasteiger partial charge in [-0.1, -0.05) is 6.42 Å². The molecule has 0 bridgehead atoms. The predicted molar refractivity (Wildman–Crippen MR) is 70.2 cm³/mol. The average molecular weight is 242 g/mol. The van der Waals surface area contributed by atoms with Crippen LogP contribution in [0.2, 0.25) is 0 Å². The summed E-state index contributed by atoms with van der Waals surface area (Å²) < 4.78 is 0. The minimum atomic E-state index is 0.451. The first-order valence-electron chi connectivity index (χ1n) is 6.74. The Labute approximate surface area is 108 Å². The average Bonchev–Trinajstić information content (AvgIpc) is 2.83. The predicted octanol–water partition coefficient (Wildman–Crippen LogP) is 1.99. The van der Waals surface area contributed by atoms with E-state index in [1.807, 2.05) is 12.1 Å². The highest BCUT2D eigenvalue weighted by molar-refractivity contribution is 5.52. The molecule has 1 N–H and O–H groups in total. The van der Waals surface area contributed by atoms with Crippen LogP contribution in [-0.2, 0) is 0 Å². The fraction of sp³-hybridized carbons (Fsp3) is 0.571. The molecule has 0 unspecified atom stereocenters. The molecule has 2 aliphatic rings. The van der Waals surface area contributed by atoms with Crippen molar-refractivity contribution >= 4 is 5.82 Å². The molecule has 0 saturated carbocycles. The molecule has 0 aromatic carbocycles. The highest BCUT2D eigenvalue weighted by atomic mass is 15.2. The van der Waals surface area contributed by atoms with E-state index in [-0.39, 0.29) is 0 Å². The van der Waals surface area contributed by atoms with E-state index in [4.69, 9.17) is 5.26 Å². The van der Waals surface area contributed by atoms with Gasteiger partial charge in [0.15, 0.2) is 0 Å². The Morgan fingerprint density at radius 1 is 1.33 bits per heavy atom. The van der Waals surface area contributed by atoms with Gasteiger partial charge in [0.1, 0.15) is 11.9 Å². The molecule has 2 fully saturated rings. The first-order valence-corrected chi connectivity index (χ1v) is 6.74. The van der Waals surface area contributed by atoms with Crippen LogP contribution in [0.5, 0.6) is 0 Å². The maximum absolute atomic E-state index is 9.08. The van der Waals surface area contributed by atoms with Gasteiger partial charge in [-0.25, -0.2) is 4.98 Å². The highest BCUT2D eigenvalue weighted by Crippen LogP contribution is 2.29. The molecule has 4 nitrogen and oxygen atoms in total. The largest absolute Gasteiger partial charge is 0.365 e. The van der Waals surface area contributed by atoms with Gasteiger partial charge in [-0.2, -0.15) is 5.26 Å². The molecule has 4 heteroatoms. The van der Waals surface area contributed by atoms with Crippen LogP contribution in [0.15, 0.2) is 18.3 Å². The van der Waals surface area contributed by atoms with Crippen molar-refractivity contribution in [1.29, 1.82) is 5.26 Å². The summed E-state index contributed by atoms with van der Waals surface area (Å²) in [6.45, 7) is 2.41. The third-order valence-corrected chi connectivity index (χ3v) is 4.11. The quantitative estimate of drug-likeness (QED) is 0.861. The second-order valence-electron chi connectivity index (χ2n) is 5.15. The molecule has 94 valence electrons. The fourth-order valence-electron chi connectivity index (χ4n) is 3.20. The van der Waals surface area contributed by atoms with Gasteiger partial charge in [-0.15, -0.1) is 0 Å². The summed E-state index contributed by atoms with van der Waals surface area (Å²) in [5, 5.41) is 12.6. The van der Waals surface area contributed by atoms with Gasteiger partial charge in [0.05, 0.1) is 5.56 Å². The summed E-state index contributed by atoms with van der Waals surface area (Å²) in [6.07, 6.45) is 6.83. The standard InChI is InChI=1S/C14H18N4/c15-10-11-4-3-7-16-14(11)17-12-6-9-18-8-2-1-5-13(12)18/h3-4,7,12-13H,1-2,5-6,8-9H2,(H,16,17)/t12-,13+/m0/s1. The number of hydrogen-bond donors (Lipinski definition) is 1. The first-order chi connectivity index (χ1) is 8.88. The molecular weight excluding hydrogens is 224 g/mol. The van der Waals surface area contributed by atoms with E-state index in [0.717, 1.165) is 12.2 Å². The monoisotopic (exact) mass is 242 g/mol. The van der Waals surface area contributed by atoms with Crippen molar-refractivity contribution in [3.63, 3.8) is 0 Å². The Bertz CT molecular complexity index is 465. The van der Waals surface area contributed by atoms with E-state index in [1.165, 1.54) is 32.4 Å². The lowest BCUT2D eigenvalue weighted by Gasteiger charge is -2.32. The summed E-state index contributed by atoms with van der Waals surface area (Å²) in [4.78, 5) is 6.88. The molecule has 0 amide bonds. The zero-order valence-electron chi connectivity index (χ0n) is 10.5. The molecular formula is C14H18N4. The number of nitrogens with one attached hydrogen (secondary N) is 1. The molecule has 1 aromatic heterocycles. The molecule has 1 aromatic rings. The summed E-state index contributed by atoms with van der Waals surface area (Å²) >= 11 is 0. The number of hydrogen-bond acceptors (Lipinski definition) is 4. The van der Waals surface area contributed by atoms with Crippen LogP contribution < -0.4 is 5.32 Å². The molecule has 2 saturated heterocycles. The Morgan fingerprint density at radius 3 is 3.17 bits per heavy atom. The minimum absolute atomic E-state index is 0.451. The lowest BCUT2D eigenvalue weighted by atomic mass is 9.99. The molecule has 0 spiro atoms. The number of fused-ring (bicyclic) bond motifs is 1. The zero-order valence-corrected chi connectivity index (χ0v) is 10.5. The molecule has 18 heavy (non-hydrogen) atoms. The van der Waals surface area contributed by atoms with E-state index in [0.29, 0.717) is 17.6 Å². The third-order valence-electron chi connectivity index (χ3n) is 4.11. The second kappa shape index (κ2) is 4.95. The maximum atomic E-state index is 9.08. The van der Waals surface area contributed by atoms with Gasteiger partial charge in [0.25, 0.3) is 0 Å². The van der Waals surface area contributed by atoms with Crippen molar-refractivity contribution in [3.8, 4) is 6.07 Å². The number of nitrogens with zero attached hydrogens (tertiary/aromatic N) is 3. The van der Waals surface area contributed by atoms with Crippen molar-refractivity contribution in [3.05, 3.63) is 23.9 Å². The van der Waals surface area contributed by atoms with Crippen molar-refractivity contribution in [2.45, 2.75) is 37.8 Å². The molecule has 0 aliphatic carbocycles. The van der Waals surface area contributed by atoms with E-state index in [9.17, 15) is 0 Å². The summed E-state index contributed by atoms with van der Waals surface area (Å²) in [6, 6.07) is 6.92. The molecule has 3 rings (SSSR count). The van der Waals surface area contributed by atoms with Crippen LogP contribution in [0, 0.1) is 11.3 Å². The first kappa shape index (κ1) is 11.5. The van der Waals surface area contributed by atoms with Gasteiger partial charge in [-0.05, 0) is 37.9 Å². The Hall–Kier alpha value is -1.60. The molecule has 2 atom stereocenters. The summed E-state index contributed by atoms with van der Waals surface area (Å²) in [5.74, 6) is 0.748. The van der Waals surface area contributed by atoms with Crippen LogP contribution in [0.1, 0.15) is 31.2 Å². The van der Waals surface area contributed by atoms with Crippen LogP contribution in [0.4, 0.5) is 5.82 Å². The van der Waals surface area contributed by atoms with E-state index >= 15 is 0 Å². The third kappa shape index (κ3) is 2.06. The van der Waals surface area contributed by atoms with Gasteiger partial charge in [0, 0.05) is 24.8 Å². The second-order valence-corrected chi connectivity index (χ2v) is 5.15. The van der Waals surface area contributed by atoms with Gasteiger partial charge in [0.2, 0.25) is 0 Å². The Kier molecular flexibility index (Phi) is 3.16. The van der Waals surface area contributed by atoms with Gasteiger partial charge < -0.3 is 5.32 Å². The number of nitriles is 1. The normalized spacial score (nSPS) is 27.5. The topological polar surface area (TPSA) is 52.0 Å². The smallest absolute Gasteiger partial charge is 0.144 e. The van der Waals surface area contributed by atoms with Crippen molar-refractivity contribution in [2.24, 2.45) is 0 Å². The minimum Gasteiger partial charge on any atom is -0.365 e. The number of rotatable bonds is 2. The van der Waals surface area contributed by atoms with Crippen molar-refractivity contribution in [1.82, 2.24) is 9.88 Å². The maximum Gasteiger partial charge on any atom is 0.144 e. The van der Waals surface area contributed by atoms with Crippen molar-refractivity contribution in [2.75, 3.05) is 18.4 Å². The molecule has 3 heterocycles. The number of anilines is 1. The lowest BCUT2D eigenvalue weighted by Crippen LogP contribution is -2.41. The van der Waals surface area contributed by atoms with Crippen LogP contribution in [0.25, 0.3) is 0 Å². The summed E-state index contributed by atoms with van der Waals surface area (Å²) in [7, 11) is 0. The lowest BCUT2D eigenvalue weighted by molar-refractivity contribution is 0.192. The van der Waals surface area contributed by atoms with Crippen molar-refractivity contribution < 1.29 is 0 Å². The summed E-state index contributed by atoms with van der Waals surface area (Å²) in [5.41, 5.74) is 0.645. The molecule has 0 radical (unpaired) electrons. The van der Waals surface area contributed by atoms with Gasteiger partial charge >= 0.3 is 0 Å². The Balaban J connectivity index is 1.75. The van der Waals surface area contributed by atoms with Crippen LogP contribution >= 0.6 is 0 Å².